The molecule has 0 saturated heterocycles. The average molecular weight is 520 g/mol. The van der Waals surface area contributed by atoms with Crippen molar-refractivity contribution < 1.29 is 19.2 Å². The molecule has 186 valence electrons. The minimum absolute atomic E-state index is 0.0143. The number of nitro benzene ring substituents is 1. The summed E-state index contributed by atoms with van der Waals surface area (Å²) in [5.74, 6) is 1.89. The first-order valence-electron chi connectivity index (χ1n) is 10.8. The molecule has 1 aromatic heterocycles. The standard InChI is InChI=1S/C23H26ClN5O5S/c1-14(2)12-28-22(15(3)34-18-7-5-6-17(11-18)33-4)26-27-23(28)35-13-21(30)25-20-10-16(29(31)32)8-9-19(20)24/h5-11,14-15H,12-13H2,1-4H3,(H,25,30). The molecule has 2 aromatic carbocycles. The number of ether oxygens (including phenoxy) is 2. The third-order valence-electron chi connectivity index (χ3n) is 4.78. The minimum Gasteiger partial charge on any atom is -0.497 e. The molecule has 0 fully saturated rings. The fourth-order valence-electron chi connectivity index (χ4n) is 3.21. The number of halogens is 1. The molecule has 1 heterocycles. The van der Waals surface area contributed by atoms with Crippen LogP contribution in [-0.4, -0.2) is 38.5 Å². The van der Waals surface area contributed by atoms with Crippen molar-refractivity contribution >= 4 is 40.6 Å². The second-order valence-corrected chi connectivity index (χ2v) is 9.39. The first kappa shape index (κ1) is 26.3. The van der Waals surface area contributed by atoms with Crippen LogP contribution in [0.4, 0.5) is 11.4 Å². The summed E-state index contributed by atoms with van der Waals surface area (Å²) >= 11 is 7.28. The van der Waals surface area contributed by atoms with E-state index in [2.05, 4.69) is 29.4 Å². The second kappa shape index (κ2) is 11.9. The highest BCUT2D eigenvalue weighted by Gasteiger charge is 2.21. The van der Waals surface area contributed by atoms with Crippen LogP contribution in [0, 0.1) is 16.0 Å². The number of methoxy groups -OCH3 is 1. The van der Waals surface area contributed by atoms with Crippen LogP contribution in [0.5, 0.6) is 11.5 Å². The first-order valence-corrected chi connectivity index (χ1v) is 12.1. The van der Waals surface area contributed by atoms with Gasteiger partial charge < -0.3 is 19.4 Å². The van der Waals surface area contributed by atoms with Crippen molar-refractivity contribution in [2.45, 2.75) is 38.6 Å². The van der Waals surface area contributed by atoms with Crippen LogP contribution in [0.25, 0.3) is 0 Å². The number of nitrogens with zero attached hydrogens (tertiary/aromatic N) is 4. The number of non-ortho nitro benzene ring substituents is 1. The maximum Gasteiger partial charge on any atom is 0.271 e. The van der Waals surface area contributed by atoms with E-state index in [4.69, 9.17) is 21.1 Å². The molecule has 12 heteroatoms. The number of nitro groups is 1. The lowest BCUT2D eigenvalue weighted by Crippen LogP contribution is -2.17. The Kier molecular flexibility index (Phi) is 8.94. The molecule has 1 unspecified atom stereocenters. The van der Waals surface area contributed by atoms with Gasteiger partial charge in [-0.05, 0) is 31.0 Å². The minimum atomic E-state index is -0.550. The van der Waals surface area contributed by atoms with Gasteiger partial charge in [0.05, 0.1) is 28.5 Å². The van der Waals surface area contributed by atoms with E-state index in [9.17, 15) is 14.9 Å². The van der Waals surface area contributed by atoms with Gasteiger partial charge in [-0.1, -0.05) is 43.3 Å². The van der Waals surface area contributed by atoms with Gasteiger partial charge >= 0.3 is 0 Å². The van der Waals surface area contributed by atoms with E-state index >= 15 is 0 Å². The zero-order valence-electron chi connectivity index (χ0n) is 19.7. The van der Waals surface area contributed by atoms with Gasteiger partial charge in [-0.3, -0.25) is 14.9 Å². The summed E-state index contributed by atoms with van der Waals surface area (Å²) < 4.78 is 13.3. The van der Waals surface area contributed by atoms with E-state index < -0.39 is 11.0 Å². The summed E-state index contributed by atoms with van der Waals surface area (Å²) in [6.45, 7) is 6.66. The predicted octanol–water partition coefficient (Wildman–Crippen LogP) is 5.38. The number of carbonyl (C=O) groups excluding carboxylic acids is 1. The highest BCUT2D eigenvalue weighted by Crippen LogP contribution is 2.29. The molecule has 0 saturated carbocycles. The molecule has 3 rings (SSSR count). The molecule has 35 heavy (non-hydrogen) atoms. The van der Waals surface area contributed by atoms with Crippen LogP contribution < -0.4 is 14.8 Å². The Hall–Kier alpha value is -3.31. The fraction of sp³-hybridized carbons (Fsp3) is 0.348. The zero-order valence-corrected chi connectivity index (χ0v) is 21.3. The van der Waals surface area contributed by atoms with Crippen molar-refractivity contribution in [3.63, 3.8) is 0 Å². The number of anilines is 1. The Bertz CT molecular complexity index is 1200. The normalized spacial score (nSPS) is 11.8. The third kappa shape index (κ3) is 7.09. The van der Waals surface area contributed by atoms with Crippen LogP contribution in [-0.2, 0) is 11.3 Å². The van der Waals surface area contributed by atoms with Gasteiger partial charge in [0.15, 0.2) is 17.1 Å². The number of amides is 1. The van der Waals surface area contributed by atoms with Crippen molar-refractivity contribution in [2.75, 3.05) is 18.2 Å². The lowest BCUT2D eigenvalue weighted by molar-refractivity contribution is -0.384. The summed E-state index contributed by atoms with van der Waals surface area (Å²) in [6.07, 6.45) is -0.403. The largest absolute Gasteiger partial charge is 0.497 e. The van der Waals surface area contributed by atoms with Crippen LogP contribution >= 0.6 is 23.4 Å². The topological polar surface area (TPSA) is 121 Å². The highest BCUT2D eigenvalue weighted by atomic mass is 35.5. The lowest BCUT2D eigenvalue weighted by atomic mass is 10.2. The van der Waals surface area contributed by atoms with E-state index in [1.165, 1.54) is 30.0 Å². The van der Waals surface area contributed by atoms with E-state index in [-0.39, 0.29) is 28.1 Å². The number of aromatic nitrogens is 3. The third-order valence-corrected chi connectivity index (χ3v) is 6.07. The number of hydrogen-bond donors (Lipinski definition) is 1. The van der Waals surface area contributed by atoms with Crippen molar-refractivity contribution in [1.82, 2.24) is 14.8 Å². The van der Waals surface area contributed by atoms with Gasteiger partial charge in [-0.15, -0.1) is 10.2 Å². The van der Waals surface area contributed by atoms with Gasteiger partial charge in [-0.25, -0.2) is 0 Å². The second-order valence-electron chi connectivity index (χ2n) is 8.04. The number of rotatable bonds is 11. The maximum absolute atomic E-state index is 12.5. The average Bonchev–Trinajstić information content (AvgIpc) is 3.21. The van der Waals surface area contributed by atoms with Crippen LogP contribution in [0.15, 0.2) is 47.6 Å². The maximum atomic E-state index is 12.5. The summed E-state index contributed by atoms with van der Waals surface area (Å²) in [6, 6.07) is 11.2. The molecule has 0 spiro atoms. The Morgan fingerprint density at radius 3 is 2.63 bits per heavy atom. The predicted molar refractivity (Wildman–Crippen MR) is 134 cm³/mol. The quantitative estimate of drug-likeness (QED) is 0.204. The van der Waals surface area contributed by atoms with Gasteiger partial charge in [0, 0.05) is 24.7 Å². The molecule has 0 radical (unpaired) electrons. The molecule has 0 aliphatic heterocycles. The molecular formula is C23H26ClN5O5S. The zero-order chi connectivity index (χ0) is 25.5. The van der Waals surface area contributed by atoms with Crippen molar-refractivity contribution in [1.29, 1.82) is 0 Å². The summed E-state index contributed by atoms with van der Waals surface area (Å²) in [4.78, 5) is 23.0. The molecular weight excluding hydrogens is 494 g/mol. The number of nitrogens with one attached hydrogen (secondary N) is 1. The highest BCUT2D eigenvalue weighted by molar-refractivity contribution is 7.99. The van der Waals surface area contributed by atoms with Gasteiger partial charge in [0.1, 0.15) is 11.5 Å². The van der Waals surface area contributed by atoms with E-state index in [1.807, 2.05) is 29.7 Å². The summed E-state index contributed by atoms with van der Waals surface area (Å²) in [5, 5.41) is 23.0. The molecule has 3 aromatic rings. The van der Waals surface area contributed by atoms with Crippen molar-refractivity contribution in [2.24, 2.45) is 5.92 Å². The number of hydrogen-bond acceptors (Lipinski definition) is 8. The molecule has 0 aliphatic carbocycles. The number of benzene rings is 2. The van der Waals surface area contributed by atoms with Crippen molar-refractivity contribution in [3.8, 4) is 11.5 Å². The Morgan fingerprint density at radius 1 is 1.20 bits per heavy atom. The van der Waals surface area contributed by atoms with Crippen LogP contribution in [0.3, 0.4) is 0 Å². The molecule has 0 aliphatic rings. The van der Waals surface area contributed by atoms with E-state index in [0.717, 1.165) is 0 Å². The smallest absolute Gasteiger partial charge is 0.271 e. The van der Waals surface area contributed by atoms with E-state index in [1.54, 1.807) is 13.2 Å². The lowest BCUT2D eigenvalue weighted by Gasteiger charge is -2.18. The van der Waals surface area contributed by atoms with Gasteiger partial charge in [0.2, 0.25) is 5.91 Å². The van der Waals surface area contributed by atoms with E-state index in [0.29, 0.717) is 34.9 Å². The number of carbonyl (C=O) groups is 1. The van der Waals surface area contributed by atoms with Crippen LogP contribution in [0.2, 0.25) is 5.02 Å². The Labute approximate surface area is 212 Å². The first-order chi connectivity index (χ1) is 16.7. The Balaban J connectivity index is 1.72. The van der Waals surface area contributed by atoms with Crippen molar-refractivity contribution in [3.05, 3.63) is 63.4 Å². The number of thioether (sulfide) groups is 1. The molecule has 1 amide bonds. The SMILES string of the molecule is COc1cccc(OC(C)c2nnc(SCC(=O)Nc3cc([N+](=O)[O-])ccc3Cl)n2CC(C)C)c1. The monoisotopic (exact) mass is 519 g/mol. The molecule has 10 nitrogen and oxygen atoms in total. The summed E-state index contributed by atoms with van der Waals surface area (Å²) in [5.41, 5.74) is 0.0137. The molecule has 0 bridgehead atoms. The van der Waals surface area contributed by atoms with Gasteiger partial charge in [0.25, 0.3) is 5.69 Å². The summed E-state index contributed by atoms with van der Waals surface area (Å²) in [7, 11) is 1.59. The van der Waals surface area contributed by atoms with Gasteiger partial charge in [-0.2, -0.15) is 0 Å². The molecule has 1 N–H and O–H groups in total. The fourth-order valence-corrected chi connectivity index (χ4v) is 4.13. The molecule has 1 atom stereocenters. The Morgan fingerprint density at radius 2 is 1.94 bits per heavy atom. The van der Waals surface area contributed by atoms with Crippen LogP contribution in [0.1, 0.15) is 32.7 Å².